The van der Waals surface area contributed by atoms with Crippen LogP contribution in [0.25, 0.3) is 6.08 Å². The molecule has 1 saturated heterocycles. The summed E-state index contributed by atoms with van der Waals surface area (Å²) in [6.07, 6.45) is -0.0813. The molecule has 1 fully saturated rings. The third-order valence-corrected chi connectivity index (χ3v) is 3.49. The highest BCUT2D eigenvalue weighted by atomic mass is 32.2. The van der Waals surface area contributed by atoms with Crippen molar-refractivity contribution in [1.82, 2.24) is 0 Å². The Hall–Kier alpha value is -0.920. The van der Waals surface area contributed by atoms with E-state index < -0.39 is 18.2 Å². The highest BCUT2D eigenvalue weighted by Crippen LogP contribution is 2.31. The summed E-state index contributed by atoms with van der Waals surface area (Å²) < 4.78 is 52.3. The first-order valence-electron chi connectivity index (χ1n) is 5.60. The lowest BCUT2D eigenvalue weighted by molar-refractivity contribution is -0.153. The van der Waals surface area contributed by atoms with E-state index in [1.165, 1.54) is 18.2 Å². The summed E-state index contributed by atoms with van der Waals surface area (Å²) >= 11 is 1.65. The van der Waals surface area contributed by atoms with Gasteiger partial charge in [0.15, 0.2) is 6.29 Å². The fourth-order valence-corrected chi connectivity index (χ4v) is 1.95. The van der Waals surface area contributed by atoms with Crippen LogP contribution in [0.4, 0.5) is 13.2 Å². The number of halogens is 3. The third kappa shape index (κ3) is 4.02. The van der Waals surface area contributed by atoms with E-state index in [1.807, 2.05) is 6.26 Å². The zero-order chi connectivity index (χ0) is 13.9. The maximum atomic E-state index is 12.3. The Bertz CT molecular complexity index is 434. The summed E-state index contributed by atoms with van der Waals surface area (Å²) in [7, 11) is 0. The summed E-state index contributed by atoms with van der Waals surface area (Å²) in [5.41, 5.74) is 0. The van der Waals surface area contributed by atoms with Crippen LogP contribution in [0.2, 0.25) is 0 Å². The van der Waals surface area contributed by atoms with E-state index in [-0.39, 0.29) is 5.76 Å². The first kappa shape index (κ1) is 14.5. The molecule has 0 radical (unpaired) electrons. The maximum Gasteiger partial charge on any atom is 0.449 e. The smallest absolute Gasteiger partial charge is 0.449 e. The molecule has 19 heavy (non-hydrogen) atoms. The molecule has 0 N–H and O–H groups in total. The van der Waals surface area contributed by atoms with Crippen molar-refractivity contribution in [2.24, 2.45) is 0 Å². The van der Waals surface area contributed by atoms with Gasteiger partial charge in [-0.3, -0.25) is 0 Å². The van der Waals surface area contributed by atoms with Crippen molar-refractivity contribution < 1.29 is 27.1 Å². The Morgan fingerprint density at radius 1 is 1.26 bits per heavy atom. The molecule has 2 rings (SSSR count). The van der Waals surface area contributed by atoms with Gasteiger partial charge in [0.05, 0.1) is 18.5 Å². The minimum absolute atomic E-state index is 0.117. The molecule has 1 aromatic heterocycles. The van der Waals surface area contributed by atoms with Crippen LogP contribution in [0, 0.1) is 0 Å². The van der Waals surface area contributed by atoms with Crippen molar-refractivity contribution in [1.29, 1.82) is 0 Å². The number of hydrogen-bond donors (Lipinski definition) is 0. The van der Waals surface area contributed by atoms with Gasteiger partial charge >= 0.3 is 6.18 Å². The molecular formula is C12H13F3O3S. The second kappa shape index (κ2) is 6.02. The fourth-order valence-electron chi connectivity index (χ4n) is 1.52. The summed E-state index contributed by atoms with van der Waals surface area (Å²) in [5.74, 6) is -0.897. The van der Waals surface area contributed by atoms with Crippen molar-refractivity contribution in [3.8, 4) is 0 Å². The van der Waals surface area contributed by atoms with Gasteiger partial charge in [0.25, 0.3) is 0 Å². The average molecular weight is 294 g/mol. The van der Waals surface area contributed by atoms with E-state index in [0.29, 0.717) is 18.5 Å². The number of furan rings is 1. The average Bonchev–Trinajstić information content (AvgIpc) is 2.86. The first-order chi connectivity index (χ1) is 8.99. The lowest BCUT2D eigenvalue weighted by Gasteiger charge is -2.26. The second-order valence-electron chi connectivity index (χ2n) is 3.95. The molecule has 106 valence electrons. The lowest BCUT2D eigenvalue weighted by Crippen LogP contribution is -2.32. The maximum absolute atomic E-state index is 12.3. The van der Waals surface area contributed by atoms with Crippen LogP contribution in [0.15, 0.2) is 22.6 Å². The van der Waals surface area contributed by atoms with Crippen molar-refractivity contribution in [2.75, 3.05) is 19.5 Å². The van der Waals surface area contributed by atoms with E-state index in [4.69, 9.17) is 9.47 Å². The second-order valence-corrected chi connectivity index (χ2v) is 5.09. The fraction of sp³-hybridized carbons (Fsp3) is 0.500. The summed E-state index contributed by atoms with van der Waals surface area (Å²) in [6.45, 7) is 1.12. The molecule has 1 aliphatic heterocycles. The van der Waals surface area contributed by atoms with Crippen molar-refractivity contribution in [2.45, 2.75) is 17.7 Å². The van der Waals surface area contributed by atoms with Gasteiger partial charge in [-0.05, 0) is 30.5 Å². The van der Waals surface area contributed by atoms with E-state index in [0.717, 1.165) is 6.07 Å². The van der Waals surface area contributed by atoms with Crippen LogP contribution in [0.3, 0.4) is 0 Å². The van der Waals surface area contributed by atoms with Crippen LogP contribution < -0.4 is 0 Å². The van der Waals surface area contributed by atoms with Crippen LogP contribution in [-0.2, 0) is 15.7 Å². The molecule has 3 nitrogen and oxygen atoms in total. The van der Waals surface area contributed by atoms with Gasteiger partial charge in [0.2, 0.25) is 5.76 Å². The Kier molecular flexibility index (Phi) is 4.59. The summed E-state index contributed by atoms with van der Waals surface area (Å²) in [6, 6.07) is 2.15. The molecule has 0 saturated carbocycles. The zero-order valence-corrected chi connectivity index (χ0v) is 11.0. The molecule has 1 aliphatic rings. The van der Waals surface area contributed by atoms with Crippen LogP contribution in [-0.4, -0.2) is 31.0 Å². The normalized spacial score (nSPS) is 25.1. The van der Waals surface area contributed by atoms with Gasteiger partial charge in [-0.1, -0.05) is 0 Å². The third-order valence-electron chi connectivity index (χ3n) is 2.55. The predicted octanol–water partition coefficient (Wildman–Crippen LogP) is 3.42. The van der Waals surface area contributed by atoms with Crippen molar-refractivity contribution in [3.05, 3.63) is 29.7 Å². The molecule has 0 unspecified atom stereocenters. The molecule has 0 spiro atoms. The number of rotatable bonds is 3. The molecule has 0 bridgehead atoms. The summed E-state index contributed by atoms with van der Waals surface area (Å²) in [5, 5.41) is 0.296. The van der Waals surface area contributed by atoms with Gasteiger partial charge < -0.3 is 13.9 Å². The number of hydrogen-bond acceptors (Lipinski definition) is 4. The van der Waals surface area contributed by atoms with Gasteiger partial charge in [0.1, 0.15) is 5.76 Å². The molecule has 0 amide bonds. The monoisotopic (exact) mass is 294 g/mol. The quantitative estimate of drug-likeness (QED) is 0.855. The van der Waals surface area contributed by atoms with E-state index >= 15 is 0 Å². The van der Waals surface area contributed by atoms with Crippen LogP contribution in [0.1, 0.15) is 11.5 Å². The van der Waals surface area contributed by atoms with Crippen LogP contribution >= 0.6 is 11.8 Å². The minimum Gasteiger partial charge on any atom is -0.452 e. The highest BCUT2D eigenvalue weighted by molar-refractivity contribution is 7.99. The van der Waals surface area contributed by atoms with Gasteiger partial charge in [-0.25, -0.2) is 0 Å². The number of thioether (sulfide) groups is 1. The largest absolute Gasteiger partial charge is 0.452 e. The Balaban J connectivity index is 1.91. The van der Waals surface area contributed by atoms with E-state index in [9.17, 15) is 13.2 Å². The molecule has 2 heterocycles. The van der Waals surface area contributed by atoms with Crippen molar-refractivity contribution >= 4 is 17.8 Å². The predicted molar refractivity (Wildman–Crippen MR) is 65.7 cm³/mol. The van der Waals surface area contributed by atoms with E-state index in [1.54, 1.807) is 11.8 Å². The molecule has 0 aliphatic carbocycles. The van der Waals surface area contributed by atoms with Gasteiger partial charge in [-0.15, -0.1) is 0 Å². The van der Waals surface area contributed by atoms with Gasteiger partial charge in [0, 0.05) is 0 Å². The molecule has 1 aromatic rings. The topological polar surface area (TPSA) is 31.6 Å². The molecular weight excluding hydrogens is 281 g/mol. The first-order valence-corrected chi connectivity index (χ1v) is 6.89. The number of ether oxygens (including phenoxy) is 2. The molecule has 0 aromatic carbocycles. The lowest BCUT2D eigenvalue weighted by atomic mass is 10.3. The SMILES string of the molecule is CSC1COC(/C=C/c2ccc(C(F)(F)F)o2)OC1. The number of alkyl halides is 3. The molecule has 0 atom stereocenters. The van der Waals surface area contributed by atoms with Gasteiger partial charge in [-0.2, -0.15) is 24.9 Å². The minimum atomic E-state index is -4.46. The summed E-state index contributed by atoms with van der Waals surface area (Å²) in [4.78, 5) is 0. The van der Waals surface area contributed by atoms with Crippen LogP contribution in [0.5, 0.6) is 0 Å². The standard InChI is InChI=1S/C12H13F3O3S/c1-19-9-6-16-11(17-7-9)5-3-8-2-4-10(18-8)12(13,14)15/h2-5,9,11H,6-7H2,1H3/b5-3+. The zero-order valence-electron chi connectivity index (χ0n) is 10.1. The Labute approximate surface area is 112 Å². The molecule has 7 heteroatoms. The van der Waals surface area contributed by atoms with E-state index in [2.05, 4.69) is 4.42 Å². The highest BCUT2D eigenvalue weighted by Gasteiger charge is 2.34. The van der Waals surface area contributed by atoms with Crippen molar-refractivity contribution in [3.63, 3.8) is 0 Å². The Morgan fingerprint density at radius 2 is 1.95 bits per heavy atom. The Morgan fingerprint density at radius 3 is 2.47 bits per heavy atom.